The summed E-state index contributed by atoms with van der Waals surface area (Å²) in [5.41, 5.74) is 3.85. The van der Waals surface area contributed by atoms with E-state index in [4.69, 9.17) is 0 Å². The molecule has 0 radical (unpaired) electrons. The van der Waals surface area contributed by atoms with Gasteiger partial charge in [0.25, 0.3) is 0 Å². The van der Waals surface area contributed by atoms with E-state index in [2.05, 4.69) is 51.2 Å². The summed E-state index contributed by atoms with van der Waals surface area (Å²) in [5.74, 6) is 0.364. The van der Waals surface area contributed by atoms with Crippen LogP contribution in [0, 0.1) is 5.92 Å². The van der Waals surface area contributed by atoms with Crippen LogP contribution in [0.25, 0.3) is 0 Å². The Labute approximate surface area is 130 Å². The average molecular weight is 286 g/mol. The highest BCUT2D eigenvalue weighted by Crippen LogP contribution is 2.19. The Bertz CT molecular complexity index is 470. The van der Waals surface area contributed by atoms with Crippen molar-refractivity contribution in [3.8, 4) is 0 Å². The number of allylic oxidation sites excluding steroid dienone is 10. The molecule has 0 saturated carbocycles. The van der Waals surface area contributed by atoms with Gasteiger partial charge in [0.2, 0.25) is 0 Å². The second-order valence-corrected chi connectivity index (χ2v) is 5.50. The van der Waals surface area contributed by atoms with Gasteiger partial charge in [-0.25, -0.2) is 0 Å². The molecule has 0 amide bonds. The highest BCUT2D eigenvalue weighted by atomic mass is 16.1. The Morgan fingerprint density at radius 2 is 1.62 bits per heavy atom. The predicted octanol–water partition coefficient (Wildman–Crippen LogP) is 5.96. The molecule has 0 saturated heterocycles. The summed E-state index contributed by atoms with van der Waals surface area (Å²) < 4.78 is 0. The molecule has 21 heavy (non-hydrogen) atoms. The van der Waals surface area contributed by atoms with Gasteiger partial charge in [-0.3, -0.25) is 4.79 Å². The summed E-state index contributed by atoms with van der Waals surface area (Å²) in [6.45, 7) is 11.9. The molecule has 0 aliphatic rings. The summed E-state index contributed by atoms with van der Waals surface area (Å²) in [7, 11) is 0. The van der Waals surface area contributed by atoms with Crippen molar-refractivity contribution in [2.24, 2.45) is 5.92 Å². The minimum absolute atomic E-state index is 0.107. The maximum absolute atomic E-state index is 11.3. The third-order valence-electron chi connectivity index (χ3n) is 3.52. The van der Waals surface area contributed by atoms with Crippen molar-refractivity contribution in [1.82, 2.24) is 0 Å². The third kappa shape index (κ3) is 9.01. The summed E-state index contributed by atoms with van der Waals surface area (Å²) in [6.07, 6.45) is 16.5. The topological polar surface area (TPSA) is 17.1 Å². The van der Waals surface area contributed by atoms with Crippen molar-refractivity contribution in [2.75, 3.05) is 0 Å². The van der Waals surface area contributed by atoms with Crippen LogP contribution in [-0.2, 0) is 4.79 Å². The van der Waals surface area contributed by atoms with Crippen LogP contribution in [0.15, 0.2) is 59.3 Å². The Morgan fingerprint density at radius 1 is 1.00 bits per heavy atom. The zero-order valence-electron chi connectivity index (χ0n) is 14.4. The van der Waals surface area contributed by atoms with Crippen LogP contribution in [0.4, 0.5) is 0 Å². The molecule has 0 aliphatic carbocycles. The first kappa shape index (κ1) is 19.4. The van der Waals surface area contributed by atoms with Gasteiger partial charge in [-0.15, -0.1) is 0 Å². The van der Waals surface area contributed by atoms with Gasteiger partial charge < -0.3 is 0 Å². The van der Waals surface area contributed by atoms with Crippen molar-refractivity contribution in [1.29, 1.82) is 0 Å². The maximum Gasteiger partial charge on any atom is 0.132 e. The summed E-state index contributed by atoms with van der Waals surface area (Å²) in [5, 5.41) is 0. The van der Waals surface area contributed by atoms with Crippen molar-refractivity contribution in [3.05, 3.63) is 59.3 Å². The van der Waals surface area contributed by atoms with Crippen molar-refractivity contribution < 1.29 is 4.79 Å². The van der Waals surface area contributed by atoms with Gasteiger partial charge in [0.05, 0.1) is 0 Å². The first-order valence-electron chi connectivity index (χ1n) is 7.71. The number of carbonyl (C=O) groups is 1. The predicted molar refractivity (Wildman–Crippen MR) is 94.3 cm³/mol. The Morgan fingerprint density at radius 3 is 2.10 bits per heavy atom. The first-order chi connectivity index (χ1) is 9.94. The third-order valence-corrected chi connectivity index (χ3v) is 3.52. The monoisotopic (exact) mass is 286 g/mol. The largest absolute Gasteiger partial charge is 0.300 e. The van der Waals surface area contributed by atoms with Gasteiger partial charge >= 0.3 is 0 Å². The quantitative estimate of drug-likeness (QED) is 0.503. The van der Waals surface area contributed by atoms with Gasteiger partial charge in [-0.1, -0.05) is 55.0 Å². The Hall–Kier alpha value is -1.63. The average Bonchev–Trinajstić information content (AvgIpc) is 2.44. The lowest BCUT2D eigenvalue weighted by Crippen LogP contribution is -2.06. The van der Waals surface area contributed by atoms with Gasteiger partial charge in [-0.05, 0) is 58.6 Å². The molecular weight excluding hydrogens is 256 g/mol. The lowest BCUT2D eigenvalue weighted by molar-refractivity contribution is -0.120. The lowest BCUT2D eigenvalue weighted by atomic mass is 9.95. The van der Waals surface area contributed by atoms with Crippen molar-refractivity contribution >= 4 is 5.78 Å². The summed E-state index contributed by atoms with van der Waals surface area (Å²) in [4.78, 5) is 11.3. The molecule has 0 bridgehead atoms. The zero-order chi connectivity index (χ0) is 16.3. The molecule has 0 rings (SSSR count). The summed E-state index contributed by atoms with van der Waals surface area (Å²) >= 11 is 0. The van der Waals surface area contributed by atoms with E-state index in [9.17, 15) is 4.79 Å². The van der Waals surface area contributed by atoms with Gasteiger partial charge in [0.1, 0.15) is 5.78 Å². The normalized spacial score (nSPS) is 16.0. The van der Waals surface area contributed by atoms with Crippen LogP contribution in [0.3, 0.4) is 0 Å². The molecule has 116 valence electrons. The number of carbonyl (C=O) groups excluding carboxylic acids is 1. The van der Waals surface area contributed by atoms with Crippen molar-refractivity contribution in [3.63, 3.8) is 0 Å². The molecule has 0 spiro atoms. The van der Waals surface area contributed by atoms with E-state index in [1.165, 1.54) is 16.7 Å². The fourth-order valence-corrected chi connectivity index (χ4v) is 2.02. The van der Waals surface area contributed by atoms with Crippen LogP contribution >= 0.6 is 0 Å². The molecule has 1 unspecified atom stereocenters. The molecule has 0 fully saturated rings. The lowest BCUT2D eigenvalue weighted by Gasteiger charge is -2.09. The molecule has 0 aromatic carbocycles. The second-order valence-electron chi connectivity index (χ2n) is 5.50. The van der Waals surface area contributed by atoms with E-state index in [0.717, 1.165) is 12.8 Å². The fourth-order valence-electron chi connectivity index (χ4n) is 2.02. The van der Waals surface area contributed by atoms with E-state index in [1.807, 2.05) is 26.0 Å². The maximum atomic E-state index is 11.3. The smallest absolute Gasteiger partial charge is 0.132 e. The zero-order valence-corrected chi connectivity index (χ0v) is 14.4. The minimum atomic E-state index is 0.107. The van der Waals surface area contributed by atoms with E-state index in [0.29, 0.717) is 0 Å². The molecule has 1 heteroatoms. The van der Waals surface area contributed by atoms with E-state index < -0.39 is 0 Å². The number of hydrogen-bond donors (Lipinski definition) is 0. The van der Waals surface area contributed by atoms with Gasteiger partial charge in [0, 0.05) is 5.92 Å². The molecule has 0 aliphatic heterocycles. The molecule has 0 N–H and O–H groups in total. The van der Waals surface area contributed by atoms with E-state index in [1.54, 1.807) is 6.92 Å². The van der Waals surface area contributed by atoms with Crippen LogP contribution in [-0.4, -0.2) is 5.78 Å². The summed E-state index contributed by atoms with van der Waals surface area (Å²) in [6, 6.07) is 0. The van der Waals surface area contributed by atoms with E-state index >= 15 is 0 Å². The van der Waals surface area contributed by atoms with Crippen LogP contribution < -0.4 is 0 Å². The molecule has 0 aromatic rings. The fraction of sp³-hybridized carbons (Fsp3) is 0.450. The Balaban J connectivity index is 4.83. The molecular formula is C20H30O. The standard InChI is InChI=1S/C20H30O/c1-7-10-11-12-19(8-2)15-20(9-3)14-16(4)13-17(5)18(6)21/h7-12,14,17H,13,15H2,1-6H3/b10-7-,12-11-,16-14+,19-8-,20-9+. The molecule has 1 atom stereocenters. The SMILES string of the molecule is C\C=C/C=C\C(=C\C)CC(=C/C)/C=C(\C)CC(C)C(C)=O. The van der Waals surface area contributed by atoms with Crippen LogP contribution in [0.2, 0.25) is 0 Å². The minimum Gasteiger partial charge on any atom is -0.300 e. The number of rotatable bonds is 8. The van der Waals surface area contributed by atoms with Gasteiger partial charge in [0.15, 0.2) is 0 Å². The highest BCUT2D eigenvalue weighted by molar-refractivity contribution is 5.78. The highest BCUT2D eigenvalue weighted by Gasteiger charge is 2.08. The number of hydrogen-bond acceptors (Lipinski definition) is 1. The van der Waals surface area contributed by atoms with Crippen LogP contribution in [0.1, 0.15) is 54.4 Å². The first-order valence-corrected chi connectivity index (χ1v) is 7.71. The van der Waals surface area contributed by atoms with Gasteiger partial charge in [-0.2, -0.15) is 0 Å². The van der Waals surface area contributed by atoms with Crippen molar-refractivity contribution in [2.45, 2.75) is 54.4 Å². The molecule has 1 nitrogen and oxygen atoms in total. The number of Topliss-reactive ketones (excluding diaryl/α,β-unsaturated/α-hetero) is 1. The molecule has 0 heterocycles. The van der Waals surface area contributed by atoms with Crippen LogP contribution in [0.5, 0.6) is 0 Å². The Kier molecular flexibility index (Phi) is 10.2. The number of ketones is 1. The van der Waals surface area contributed by atoms with E-state index in [-0.39, 0.29) is 11.7 Å². The molecule has 0 aromatic heterocycles. The second kappa shape index (κ2) is 11.1.